The molecule has 0 aliphatic rings. The van der Waals surface area contributed by atoms with Crippen molar-refractivity contribution in [3.8, 4) is 0 Å². The Kier molecular flexibility index (Phi) is 7.58. The van der Waals surface area contributed by atoms with Gasteiger partial charge in [-0.2, -0.15) is 0 Å². The first-order valence-corrected chi connectivity index (χ1v) is 9.87. The summed E-state index contributed by atoms with van der Waals surface area (Å²) in [7, 11) is -1.72. The van der Waals surface area contributed by atoms with Crippen molar-refractivity contribution in [3.63, 3.8) is 0 Å². The number of ketones is 1. The molecule has 0 saturated carbocycles. The molecular weight excluding hydrogens is 320 g/mol. The molecule has 0 aromatic heterocycles. The van der Waals surface area contributed by atoms with Crippen molar-refractivity contribution in [2.45, 2.75) is 58.8 Å². The molecule has 5 nitrogen and oxygen atoms in total. The molecule has 0 fully saturated rings. The van der Waals surface area contributed by atoms with Crippen LogP contribution < -0.4 is 0 Å². The van der Waals surface area contributed by atoms with Crippen LogP contribution in [0.2, 0.25) is 0 Å². The van der Waals surface area contributed by atoms with Crippen molar-refractivity contribution in [2.24, 2.45) is 5.41 Å². The van der Waals surface area contributed by atoms with Crippen LogP contribution in [-0.4, -0.2) is 35.4 Å². The minimum atomic E-state index is -4.88. The molecule has 0 aliphatic carbocycles. The van der Waals surface area contributed by atoms with E-state index in [9.17, 15) is 17.8 Å². The van der Waals surface area contributed by atoms with Gasteiger partial charge in [0.25, 0.3) is 0 Å². The molecular formula is C12H23O5S3-. The fourth-order valence-corrected chi connectivity index (χ4v) is 4.04. The lowest BCUT2D eigenvalue weighted by atomic mass is 9.87. The van der Waals surface area contributed by atoms with Crippen molar-refractivity contribution in [2.75, 3.05) is 5.75 Å². The zero-order chi connectivity index (χ0) is 16.2. The van der Waals surface area contributed by atoms with Gasteiger partial charge in [-0.05, 0) is 6.42 Å². The molecule has 1 atom stereocenters. The Labute approximate surface area is 130 Å². The molecule has 0 spiro atoms. The summed E-state index contributed by atoms with van der Waals surface area (Å²) in [5.41, 5.74) is -0.753. The number of hydrogen-bond donors (Lipinski definition) is 0. The number of carbonyl (C=O) groups excluding carboxylic acids is 1. The second-order valence-corrected chi connectivity index (χ2v) is 10.7. The number of Topliss-reactive ketones (excluding diaryl/α,β-unsaturated/α-hetero) is 1. The number of hydrogen-bond acceptors (Lipinski definition) is 7. The summed E-state index contributed by atoms with van der Waals surface area (Å²) < 4.78 is 36.6. The average Bonchev–Trinajstić information content (AvgIpc) is 2.17. The van der Waals surface area contributed by atoms with Gasteiger partial charge in [0.15, 0.2) is 5.78 Å². The van der Waals surface area contributed by atoms with E-state index in [0.29, 0.717) is 5.75 Å². The van der Waals surface area contributed by atoms with E-state index >= 15 is 0 Å². The summed E-state index contributed by atoms with van der Waals surface area (Å²) in [5.74, 6) is 0.155. The minimum absolute atomic E-state index is 0.0691. The summed E-state index contributed by atoms with van der Waals surface area (Å²) >= 11 is 0. The SMILES string of the molecule is CC(C)(C)SSCCC(OS(=O)(=O)[O-])C(=O)C(C)(C)C. The zero-order valence-electron chi connectivity index (χ0n) is 12.8. The lowest BCUT2D eigenvalue weighted by molar-refractivity contribution is -0.133. The largest absolute Gasteiger partial charge is 0.726 e. The van der Waals surface area contributed by atoms with Crippen molar-refractivity contribution in [3.05, 3.63) is 0 Å². The van der Waals surface area contributed by atoms with Crippen LogP contribution in [0.4, 0.5) is 0 Å². The van der Waals surface area contributed by atoms with Crippen molar-refractivity contribution in [1.82, 2.24) is 0 Å². The van der Waals surface area contributed by atoms with Gasteiger partial charge in [-0.3, -0.25) is 8.98 Å². The van der Waals surface area contributed by atoms with Gasteiger partial charge in [0, 0.05) is 15.9 Å². The third kappa shape index (κ3) is 10.0. The van der Waals surface area contributed by atoms with Gasteiger partial charge in [0.1, 0.15) is 6.10 Å². The van der Waals surface area contributed by atoms with Crippen LogP contribution in [0.5, 0.6) is 0 Å². The summed E-state index contributed by atoms with van der Waals surface area (Å²) in [6.45, 7) is 11.2. The van der Waals surface area contributed by atoms with Crippen LogP contribution in [-0.2, 0) is 19.4 Å². The maximum absolute atomic E-state index is 12.1. The standard InChI is InChI=1S/C12H24O5S3/c1-11(2,3)10(13)9(17-20(14,15)16)7-8-18-19-12(4,5)6/h9H,7-8H2,1-6H3,(H,14,15,16)/p-1. The Bertz CT molecular complexity index is 417. The summed E-state index contributed by atoms with van der Waals surface area (Å²) in [5, 5.41) is 0. The summed E-state index contributed by atoms with van der Waals surface area (Å²) in [6.07, 6.45) is -1.00. The van der Waals surface area contributed by atoms with E-state index in [2.05, 4.69) is 25.0 Å². The quantitative estimate of drug-likeness (QED) is 0.304. The van der Waals surface area contributed by atoms with E-state index in [4.69, 9.17) is 0 Å². The van der Waals surface area contributed by atoms with Crippen LogP contribution in [0.3, 0.4) is 0 Å². The fraction of sp³-hybridized carbons (Fsp3) is 0.917. The molecule has 0 bridgehead atoms. The first kappa shape index (κ1) is 20.2. The molecule has 20 heavy (non-hydrogen) atoms. The second-order valence-electron chi connectivity index (χ2n) is 6.41. The van der Waals surface area contributed by atoms with Gasteiger partial charge in [-0.15, -0.1) is 0 Å². The lowest BCUT2D eigenvalue weighted by Crippen LogP contribution is -2.36. The summed E-state index contributed by atoms with van der Waals surface area (Å²) in [4.78, 5) is 12.1. The van der Waals surface area contributed by atoms with Gasteiger partial charge in [-0.25, -0.2) is 8.42 Å². The monoisotopic (exact) mass is 343 g/mol. The van der Waals surface area contributed by atoms with Crippen molar-refractivity contribution >= 4 is 37.8 Å². The Morgan fingerprint density at radius 1 is 1.20 bits per heavy atom. The smallest absolute Gasteiger partial charge is 0.218 e. The topological polar surface area (TPSA) is 83.5 Å². The van der Waals surface area contributed by atoms with Crippen LogP contribution in [0.15, 0.2) is 0 Å². The molecule has 0 amide bonds. The van der Waals surface area contributed by atoms with Crippen LogP contribution in [0.1, 0.15) is 48.0 Å². The Hall–Kier alpha value is 0.240. The van der Waals surface area contributed by atoms with E-state index < -0.39 is 21.9 Å². The number of rotatable bonds is 7. The average molecular weight is 344 g/mol. The van der Waals surface area contributed by atoms with Gasteiger partial charge < -0.3 is 4.55 Å². The fourth-order valence-electron chi connectivity index (χ4n) is 1.22. The molecule has 0 heterocycles. The zero-order valence-corrected chi connectivity index (χ0v) is 15.2. The first-order valence-electron chi connectivity index (χ1n) is 6.21. The minimum Gasteiger partial charge on any atom is -0.726 e. The lowest BCUT2D eigenvalue weighted by Gasteiger charge is -2.25. The van der Waals surface area contributed by atoms with E-state index in [-0.39, 0.29) is 17.0 Å². The van der Waals surface area contributed by atoms with Crippen LogP contribution >= 0.6 is 21.6 Å². The molecule has 0 aromatic rings. The third-order valence-electron chi connectivity index (χ3n) is 2.04. The Morgan fingerprint density at radius 2 is 1.70 bits per heavy atom. The predicted molar refractivity (Wildman–Crippen MR) is 83.5 cm³/mol. The van der Waals surface area contributed by atoms with Gasteiger partial charge in [0.05, 0.1) is 0 Å². The van der Waals surface area contributed by atoms with Crippen molar-refractivity contribution in [1.29, 1.82) is 0 Å². The van der Waals surface area contributed by atoms with Gasteiger partial charge >= 0.3 is 0 Å². The molecule has 0 aliphatic heterocycles. The van der Waals surface area contributed by atoms with Gasteiger partial charge in [-0.1, -0.05) is 63.1 Å². The maximum atomic E-state index is 12.1. The molecule has 0 aromatic carbocycles. The first-order chi connectivity index (χ1) is 8.72. The molecule has 0 rings (SSSR count). The molecule has 0 N–H and O–H groups in total. The van der Waals surface area contributed by atoms with Crippen LogP contribution in [0.25, 0.3) is 0 Å². The molecule has 0 saturated heterocycles. The van der Waals surface area contributed by atoms with E-state index in [1.165, 1.54) is 10.8 Å². The molecule has 120 valence electrons. The number of carbonyl (C=O) groups is 1. The van der Waals surface area contributed by atoms with E-state index in [0.717, 1.165) is 0 Å². The van der Waals surface area contributed by atoms with E-state index in [1.54, 1.807) is 31.6 Å². The van der Waals surface area contributed by atoms with E-state index in [1.807, 2.05) is 0 Å². The molecule has 1 unspecified atom stereocenters. The molecule has 8 heteroatoms. The summed E-state index contributed by atoms with van der Waals surface area (Å²) in [6, 6.07) is 0. The predicted octanol–water partition coefficient (Wildman–Crippen LogP) is 3.02. The van der Waals surface area contributed by atoms with Gasteiger partial charge in [0.2, 0.25) is 10.4 Å². The normalized spacial score (nSPS) is 15.2. The van der Waals surface area contributed by atoms with Crippen LogP contribution in [0, 0.1) is 5.41 Å². The highest BCUT2D eigenvalue weighted by molar-refractivity contribution is 8.77. The maximum Gasteiger partial charge on any atom is 0.218 e. The second kappa shape index (κ2) is 7.49. The third-order valence-corrected chi connectivity index (χ3v) is 5.88. The highest BCUT2D eigenvalue weighted by Crippen LogP contribution is 2.36. The Balaban J connectivity index is 4.61. The molecule has 0 radical (unpaired) electrons. The highest BCUT2D eigenvalue weighted by atomic mass is 33.1. The Morgan fingerprint density at radius 3 is 2.05 bits per heavy atom. The highest BCUT2D eigenvalue weighted by Gasteiger charge is 2.31. The van der Waals surface area contributed by atoms with Crippen molar-refractivity contribution < 1.29 is 21.9 Å².